The number of nitrogens with zero attached hydrogens (tertiary/aromatic N) is 1. The van der Waals surface area contributed by atoms with Crippen LogP contribution in [0.25, 0.3) is 0 Å². The highest BCUT2D eigenvalue weighted by molar-refractivity contribution is 7.92. The summed E-state index contributed by atoms with van der Waals surface area (Å²) in [7, 11) is 1.65. The summed E-state index contributed by atoms with van der Waals surface area (Å²) in [6.07, 6.45) is 0. The lowest BCUT2D eigenvalue weighted by Crippen LogP contribution is -2.31. The van der Waals surface area contributed by atoms with E-state index < -0.39 is 21.5 Å². The van der Waals surface area contributed by atoms with Crippen LogP contribution in [-0.4, -0.2) is 21.8 Å². The van der Waals surface area contributed by atoms with Crippen molar-refractivity contribution < 1.29 is 9.48 Å². The molecule has 0 saturated heterocycles. The van der Waals surface area contributed by atoms with Crippen molar-refractivity contribution in [2.24, 2.45) is 0 Å². The number of benzene rings is 1. The topological polar surface area (TPSA) is 78.2 Å². The molecule has 0 spiro atoms. The molecule has 0 aliphatic rings. The van der Waals surface area contributed by atoms with E-state index >= 15 is 0 Å². The Morgan fingerprint density at radius 2 is 1.94 bits per heavy atom. The Morgan fingerprint density at radius 3 is 2.41 bits per heavy atom. The van der Waals surface area contributed by atoms with E-state index in [1.54, 1.807) is 25.2 Å². The third-order valence-electron chi connectivity index (χ3n) is 2.38. The van der Waals surface area contributed by atoms with Crippen LogP contribution in [0.4, 0.5) is 5.69 Å². The third kappa shape index (κ3) is 3.18. The van der Waals surface area contributed by atoms with Crippen molar-refractivity contribution >= 4 is 16.9 Å². The predicted molar refractivity (Wildman–Crippen MR) is 68.2 cm³/mol. The smallest absolute Gasteiger partial charge is 0.279 e. The normalized spacial score (nSPS) is 14.6. The zero-order valence-electron chi connectivity index (χ0n) is 10.0. The standard InChI is InChI=1S/C11H16N2O3S/c1-8(2)17(16)11(12-3)9-6-4-5-7-10(9)13(14)15/h4-8,11-12H,1-3H3. The van der Waals surface area contributed by atoms with Crippen LogP contribution in [0.5, 0.6) is 0 Å². The van der Waals surface area contributed by atoms with E-state index in [0.717, 1.165) is 0 Å². The Kier molecular flexibility index (Phi) is 4.92. The fourth-order valence-corrected chi connectivity index (χ4v) is 2.77. The molecule has 0 amide bonds. The summed E-state index contributed by atoms with van der Waals surface area (Å²) in [6, 6.07) is 6.38. The van der Waals surface area contributed by atoms with Gasteiger partial charge in [-0.05, 0) is 38.1 Å². The number of hydrogen-bond donors (Lipinski definition) is 1. The maximum Gasteiger partial charge on any atom is 0.279 e. The number of nitro groups is 1. The molecule has 0 fully saturated rings. The van der Waals surface area contributed by atoms with Crippen LogP contribution in [0, 0.1) is 10.1 Å². The highest BCUT2D eigenvalue weighted by Gasteiger charge is 2.31. The lowest BCUT2D eigenvalue weighted by Gasteiger charge is -2.24. The van der Waals surface area contributed by atoms with E-state index in [9.17, 15) is 14.7 Å². The predicted octanol–water partition coefficient (Wildman–Crippen LogP) is 1.97. The Morgan fingerprint density at radius 1 is 1.35 bits per heavy atom. The molecule has 1 N–H and O–H groups in total. The zero-order chi connectivity index (χ0) is 13.0. The van der Waals surface area contributed by atoms with E-state index in [0.29, 0.717) is 5.56 Å². The van der Waals surface area contributed by atoms with E-state index in [-0.39, 0.29) is 10.9 Å². The van der Waals surface area contributed by atoms with Gasteiger partial charge >= 0.3 is 0 Å². The monoisotopic (exact) mass is 256 g/mol. The molecule has 1 aromatic carbocycles. The van der Waals surface area contributed by atoms with Crippen LogP contribution in [0.3, 0.4) is 0 Å². The van der Waals surface area contributed by atoms with Gasteiger partial charge in [0.1, 0.15) is 5.25 Å². The molecule has 0 radical (unpaired) electrons. The molecule has 1 rings (SSSR count). The number of para-hydroxylation sites is 1. The second-order valence-electron chi connectivity index (χ2n) is 3.86. The maximum atomic E-state index is 12.1. The van der Waals surface area contributed by atoms with Crippen LogP contribution in [0.2, 0.25) is 0 Å². The first-order chi connectivity index (χ1) is 7.99. The molecule has 0 aliphatic carbocycles. The Hall–Kier alpha value is -1.11. The molecular formula is C11H16N2O3S. The fourth-order valence-electron chi connectivity index (χ4n) is 1.54. The minimum Gasteiger partial charge on any atom is -0.615 e. The van der Waals surface area contributed by atoms with Crippen LogP contribution in [-0.2, 0) is 11.2 Å². The number of rotatable bonds is 5. The van der Waals surface area contributed by atoms with Gasteiger partial charge in [0, 0.05) is 6.07 Å². The average molecular weight is 256 g/mol. The number of nitro benzene ring substituents is 1. The van der Waals surface area contributed by atoms with E-state index in [4.69, 9.17) is 0 Å². The van der Waals surface area contributed by atoms with Crippen molar-refractivity contribution in [3.8, 4) is 0 Å². The molecular weight excluding hydrogens is 240 g/mol. The SMILES string of the molecule is CNC(c1ccccc1[N+](=O)[O-])[S+]([O-])C(C)C. The number of nitrogens with one attached hydrogen (secondary N) is 1. The van der Waals surface area contributed by atoms with E-state index in [1.165, 1.54) is 6.07 Å². The molecule has 0 bridgehead atoms. The molecule has 0 aromatic heterocycles. The lowest BCUT2D eigenvalue weighted by molar-refractivity contribution is -0.385. The van der Waals surface area contributed by atoms with Crippen molar-refractivity contribution in [2.45, 2.75) is 24.5 Å². The first-order valence-corrected chi connectivity index (χ1v) is 6.56. The first kappa shape index (κ1) is 14.0. The highest BCUT2D eigenvalue weighted by Crippen LogP contribution is 2.30. The van der Waals surface area contributed by atoms with Crippen LogP contribution >= 0.6 is 0 Å². The molecule has 0 saturated carbocycles. The highest BCUT2D eigenvalue weighted by atomic mass is 32.2. The summed E-state index contributed by atoms with van der Waals surface area (Å²) in [4.78, 5) is 10.5. The van der Waals surface area contributed by atoms with Gasteiger partial charge < -0.3 is 4.55 Å². The second kappa shape index (κ2) is 6.00. The van der Waals surface area contributed by atoms with Crippen molar-refractivity contribution in [1.29, 1.82) is 0 Å². The van der Waals surface area contributed by atoms with Crippen molar-refractivity contribution in [2.75, 3.05) is 7.05 Å². The summed E-state index contributed by atoms with van der Waals surface area (Å²) >= 11 is -1.20. The summed E-state index contributed by atoms with van der Waals surface area (Å²) in [5.41, 5.74) is 0.466. The van der Waals surface area contributed by atoms with Crippen LogP contribution < -0.4 is 5.32 Å². The van der Waals surface area contributed by atoms with Crippen LogP contribution in [0.15, 0.2) is 24.3 Å². The summed E-state index contributed by atoms with van der Waals surface area (Å²) < 4.78 is 12.1. The summed E-state index contributed by atoms with van der Waals surface area (Å²) in [5.74, 6) is 0. The van der Waals surface area contributed by atoms with E-state index in [2.05, 4.69) is 5.32 Å². The minimum atomic E-state index is -1.20. The van der Waals surface area contributed by atoms with Gasteiger partial charge in [-0.3, -0.25) is 15.4 Å². The Bertz CT molecular complexity index is 398. The third-order valence-corrected chi connectivity index (χ3v) is 4.26. The van der Waals surface area contributed by atoms with Gasteiger partial charge in [0.05, 0.1) is 10.5 Å². The molecule has 0 heterocycles. The van der Waals surface area contributed by atoms with Crippen LogP contribution in [0.1, 0.15) is 24.8 Å². The Labute approximate surface area is 104 Å². The summed E-state index contributed by atoms with van der Waals surface area (Å²) in [5, 5.41) is 13.2. The van der Waals surface area contributed by atoms with Gasteiger partial charge in [0.25, 0.3) is 5.69 Å². The van der Waals surface area contributed by atoms with Crippen molar-refractivity contribution in [1.82, 2.24) is 5.32 Å². The fraction of sp³-hybridized carbons (Fsp3) is 0.455. The second-order valence-corrected chi connectivity index (χ2v) is 5.93. The molecule has 17 heavy (non-hydrogen) atoms. The van der Waals surface area contributed by atoms with Crippen molar-refractivity contribution in [3.05, 3.63) is 39.9 Å². The molecule has 6 heteroatoms. The van der Waals surface area contributed by atoms with Gasteiger partial charge in [0.15, 0.2) is 5.37 Å². The molecule has 0 aliphatic heterocycles. The zero-order valence-corrected chi connectivity index (χ0v) is 10.9. The molecule has 2 unspecified atom stereocenters. The summed E-state index contributed by atoms with van der Waals surface area (Å²) in [6.45, 7) is 3.66. The minimum absolute atomic E-state index is 0.000787. The quantitative estimate of drug-likeness (QED) is 0.496. The molecule has 94 valence electrons. The molecule has 5 nitrogen and oxygen atoms in total. The average Bonchev–Trinajstić information content (AvgIpc) is 2.30. The van der Waals surface area contributed by atoms with Gasteiger partial charge in [-0.15, -0.1) is 0 Å². The van der Waals surface area contributed by atoms with Crippen molar-refractivity contribution in [3.63, 3.8) is 0 Å². The first-order valence-electron chi connectivity index (χ1n) is 5.29. The van der Waals surface area contributed by atoms with E-state index in [1.807, 2.05) is 13.8 Å². The number of hydrogen-bond acceptors (Lipinski definition) is 4. The van der Waals surface area contributed by atoms with Gasteiger partial charge in [-0.1, -0.05) is 12.1 Å². The molecule has 2 atom stereocenters. The van der Waals surface area contributed by atoms with Gasteiger partial charge in [0.2, 0.25) is 0 Å². The maximum absolute atomic E-state index is 12.1. The molecule has 1 aromatic rings. The van der Waals surface area contributed by atoms with Gasteiger partial charge in [-0.25, -0.2) is 0 Å². The Balaban J connectivity index is 3.16. The largest absolute Gasteiger partial charge is 0.615 e. The van der Waals surface area contributed by atoms with Gasteiger partial charge in [-0.2, -0.15) is 0 Å². The lowest BCUT2D eigenvalue weighted by atomic mass is 10.2.